The van der Waals surface area contributed by atoms with Gasteiger partial charge in [-0.3, -0.25) is 4.79 Å². The SMILES string of the molecule is Cc1cc(Cl)ccc1NC(=O)C1(c2ccc(Cl)cc2)CC1. The zero-order valence-electron chi connectivity index (χ0n) is 11.6. The average molecular weight is 320 g/mol. The van der Waals surface area contributed by atoms with Crippen LogP contribution in [0.15, 0.2) is 42.5 Å². The number of amides is 1. The first-order chi connectivity index (χ1) is 10.0. The number of benzene rings is 2. The normalized spacial score (nSPS) is 15.6. The zero-order chi connectivity index (χ0) is 15.0. The van der Waals surface area contributed by atoms with E-state index in [1.807, 2.05) is 43.3 Å². The lowest BCUT2D eigenvalue weighted by Gasteiger charge is -2.17. The number of anilines is 1. The monoisotopic (exact) mass is 319 g/mol. The van der Waals surface area contributed by atoms with Crippen LogP contribution in [0, 0.1) is 6.92 Å². The number of nitrogens with one attached hydrogen (secondary N) is 1. The van der Waals surface area contributed by atoms with Gasteiger partial charge in [-0.1, -0.05) is 35.3 Å². The molecule has 2 aromatic carbocycles. The molecule has 3 rings (SSSR count). The summed E-state index contributed by atoms with van der Waals surface area (Å²) in [5.74, 6) is 0.0373. The van der Waals surface area contributed by atoms with Gasteiger partial charge in [0, 0.05) is 15.7 Å². The summed E-state index contributed by atoms with van der Waals surface area (Å²) < 4.78 is 0. The van der Waals surface area contributed by atoms with E-state index in [9.17, 15) is 4.79 Å². The van der Waals surface area contributed by atoms with Crippen LogP contribution in [0.4, 0.5) is 5.69 Å². The second-order valence-corrected chi connectivity index (χ2v) is 6.38. The molecule has 1 saturated carbocycles. The molecule has 2 aromatic rings. The van der Waals surface area contributed by atoms with Crippen molar-refractivity contribution in [3.63, 3.8) is 0 Å². The minimum absolute atomic E-state index is 0.0373. The van der Waals surface area contributed by atoms with Crippen molar-refractivity contribution in [1.82, 2.24) is 0 Å². The Balaban J connectivity index is 1.83. The van der Waals surface area contributed by atoms with Gasteiger partial charge in [0.2, 0.25) is 5.91 Å². The van der Waals surface area contributed by atoms with Crippen molar-refractivity contribution in [2.45, 2.75) is 25.2 Å². The van der Waals surface area contributed by atoms with E-state index in [1.54, 1.807) is 6.07 Å². The Kier molecular flexibility index (Phi) is 3.68. The van der Waals surface area contributed by atoms with Crippen LogP contribution < -0.4 is 5.32 Å². The number of carbonyl (C=O) groups is 1. The molecule has 0 bridgehead atoms. The van der Waals surface area contributed by atoms with Crippen LogP contribution in [0.25, 0.3) is 0 Å². The number of carbonyl (C=O) groups excluding carboxylic acids is 1. The first-order valence-electron chi connectivity index (χ1n) is 6.85. The Morgan fingerprint density at radius 1 is 1.05 bits per heavy atom. The lowest BCUT2D eigenvalue weighted by Crippen LogP contribution is -2.28. The van der Waals surface area contributed by atoms with Gasteiger partial charge < -0.3 is 5.32 Å². The van der Waals surface area contributed by atoms with Gasteiger partial charge in [-0.25, -0.2) is 0 Å². The summed E-state index contributed by atoms with van der Waals surface area (Å²) >= 11 is 11.9. The first-order valence-corrected chi connectivity index (χ1v) is 7.60. The summed E-state index contributed by atoms with van der Waals surface area (Å²) in [4.78, 5) is 12.6. The molecule has 1 amide bonds. The lowest BCUT2D eigenvalue weighted by atomic mass is 9.95. The molecule has 4 heteroatoms. The van der Waals surface area contributed by atoms with E-state index < -0.39 is 5.41 Å². The number of rotatable bonds is 3. The van der Waals surface area contributed by atoms with Crippen molar-refractivity contribution in [1.29, 1.82) is 0 Å². The van der Waals surface area contributed by atoms with E-state index in [1.165, 1.54) is 0 Å². The largest absolute Gasteiger partial charge is 0.325 e. The highest BCUT2D eigenvalue weighted by atomic mass is 35.5. The molecule has 1 aliphatic carbocycles. The van der Waals surface area contributed by atoms with Gasteiger partial charge in [-0.05, 0) is 61.2 Å². The molecular weight excluding hydrogens is 305 g/mol. The van der Waals surface area contributed by atoms with Gasteiger partial charge in [-0.15, -0.1) is 0 Å². The predicted octanol–water partition coefficient (Wildman–Crippen LogP) is 4.97. The summed E-state index contributed by atoms with van der Waals surface area (Å²) in [5.41, 5.74) is 2.39. The summed E-state index contributed by atoms with van der Waals surface area (Å²) in [6, 6.07) is 13.0. The van der Waals surface area contributed by atoms with Crippen LogP contribution >= 0.6 is 23.2 Å². The molecule has 108 valence electrons. The minimum atomic E-state index is -0.406. The van der Waals surface area contributed by atoms with Gasteiger partial charge in [0.25, 0.3) is 0 Å². The maximum absolute atomic E-state index is 12.6. The van der Waals surface area contributed by atoms with E-state index in [0.717, 1.165) is 29.7 Å². The van der Waals surface area contributed by atoms with Gasteiger partial charge in [-0.2, -0.15) is 0 Å². The van der Waals surface area contributed by atoms with Crippen molar-refractivity contribution in [3.8, 4) is 0 Å². The second-order valence-electron chi connectivity index (χ2n) is 5.50. The molecule has 0 aliphatic heterocycles. The van der Waals surface area contributed by atoms with Crippen LogP contribution in [0.2, 0.25) is 10.0 Å². The molecule has 2 nitrogen and oxygen atoms in total. The maximum Gasteiger partial charge on any atom is 0.235 e. The Morgan fingerprint density at radius 3 is 2.24 bits per heavy atom. The Bertz CT molecular complexity index is 690. The second kappa shape index (κ2) is 5.36. The molecular formula is C17H15Cl2NO. The van der Waals surface area contributed by atoms with Gasteiger partial charge in [0.15, 0.2) is 0 Å². The molecule has 0 atom stereocenters. The van der Waals surface area contributed by atoms with Crippen molar-refractivity contribution in [2.75, 3.05) is 5.32 Å². The fraction of sp³-hybridized carbons (Fsp3) is 0.235. The highest BCUT2D eigenvalue weighted by Gasteiger charge is 2.51. The lowest BCUT2D eigenvalue weighted by molar-refractivity contribution is -0.118. The molecule has 1 N–H and O–H groups in total. The third-order valence-electron chi connectivity index (χ3n) is 4.02. The minimum Gasteiger partial charge on any atom is -0.325 e. The van der Waals surface area contributed by atoms with Crippen molar-refractivity contribution in [3.05, 3.63) is 63.6 Å². The van der Waals surface area contributed by atoms with Crippen molar-refractivity contribution < 1.29 is 4.79 Å². The first kappa shape index (κ1) is 14.4. The average Bonchev–Trinajstić information content (AvgIpc) is 3.24. The fourth-order valence-electron chi connectivity index (χ4n) is 2.55. The molecule has 1 fully saturated rings. The van der Waals surface area contributed by atoms with Crippen LogP contribution in [-0.4, -0.2) is 5.91 Å². The fourth-order valence-corrected chi connectivity index (χ4v) is 2.90. The molecule has 0 spiro atoms. The molecule has 0 heterocycles. The van der Waals surface area contributed by atoms with E-state index in [-0.39, 0.29) is 5.91 Å². The Hall–Kier alpha value is -1.51. The number of hydrogen-bond acceptors (Lipinski definition) is 1. The number of aryl methyl sites for hydroxylation is 1. The molecule has 0 aromatic heterocycles. The summed E-state index contributed by atoms with van der Waals surface area (Å²) in [6.07, 6.45) is 1.74. The predicted molar refractivity (Wildman–Crippen MR) is 87.2 cm³/mol. The standard InChI is InChI=1S/C17H15Cl2NO/c1-11-10-14(19)6-7-15(11)20-16(21)17(8-9-17)12-2-4-13(18)5-3-12/h2-7,10H,8-9H2,1H3,(H,20,21). The highest BCUT2D eigenvalue weighted by molar-refractivity contribution is 6.31. The summed E-state index contributed by atoms with van der Waals surface area (Å²) in [6.45, 7) is 1.93. The number of halogens is 2. The van der Waals surface area contributed by atoms with Crippen molar-refractivity contribution in [2.24, 2.45) is 0 Å². The van der Waals surface area contributed by atoms with E-state index in [4.69, 9.17) is 23.2 Å². The molecule has 1 aliphatic rings. The van der Waals surface area contributed by atoms with Gasteiger partial charge in [0.05, 0.1) is 5.41 Å². The molecule has 0 radical (unpaired) electrons. The molecule has 0 unspecified atom stereocenters. The van der Waals surface area contributed by atoms with Crippen LogP contribution in [0.1, 0.15) is 24.0 Å². The highest BCUT2D eigenvalue weighted by Crippen LogP contribution is 2.49. The van der Waals surface area contributed by atoms with Gasteiger partial charge in [0.1, 0.15) is 0 Å². The summed E-state index contributed by atoms with van der Waals surface area (Å²) in [5, 5.41) is 4.38. The van der Waals surface area contributed by atoms with E-state index >= 15 is 0 Å². The third kappa shape index (κ3) is 2.78. The van der Waals surface area contributed by atoms with Crippen LogP contribution in [0.3, 0.4) is 0 Å². The number of hydrogen-bond donors (Lipinski definition) is 1. The third-order valence-corrected chi connectivity index (χ3v) is 4.51. The summed E-state index contributed by atoms with van der Waals surface area (Å²) in [7, 11) is 0. The van der Waals surface area contributed by atoms with Crippen LogP contribution in [0.5, 0.6) is 0 Å². The smallest absolute Gasteiger partial charge is 0.235 e. The zero-order valence-corrected chi connectivity index (χ0v) is 13.1. The Labute approximate surface area is 134 Å². The van der Waals surface area contributed by atoms with Crippen LogP contribution in [-0.2, 0) is 10.2 Å². The van der Waals surface area contributed by atoms with Gasteiger partial charge >= 0.3 is 0 Å². The molecule has 21 heavy (non-hydrogen) atoms. The molecule has 0 saturated heterocycles. The Morgan fingerprint density at radius 2 is 1.67 bits per heavy atom. The maximum atomic E-state index is 12.6. The topological polar surface area (TPSA) is 29.1 Å². The quantitative estimate of drug-likeness (QED) is 0.850. The van der Waals surface area contributed by atoms with E-state index in [0.29, 0.717) is 10.0 Å². The van der Waals surface area contributed by atoms with Crippen molar-refractivity contribution >= 4 is 34.8 Å². The van der Waals surface area contributed by atoms with E-state index in [2.05, 4.69) is 5.32 Å².